The van der Waals surface area contributed by atoms with Gasteiger partial charge in [-0.25, -0.2) is 0 Å². The van der Waals surface area contributed by atoms with Crippen molar-refractivity contribution >= 4 is 28.9 Å². The highest BCUT2D eigenvalue weighted by Crippen LogP contribution is 2.05. The average Bonchev–Trinajstić information content (AvgIpc) is 2.58. The third-order valence-corrected chi connectivity index (χ3v) is 3.48. The van der Waals surface area contributed by atoms with E-state index in [0.29, 0.717) is 16.5 Å². The lowest BCUT2D eigenvalue weighted by molar-refractivity contribution is 0.104. The van der Waals surface area contributed by atoms with E-state index < -0.39 is 0 Å². The van der Waals surface area contributed by atoms with Crippen LogP contribution >= 0.6 is 12.2 Å². The quantitative estimate of drug-likeness (QED) is 0.347. The molecule has 23 heavy (non-hydrogen) atoms. The Kier molecular flexibility index (Phi) is 4.16. The lowest BCUT2D eigenvalue weighted by atomic mass is 10.1. The van der Waals surface area contributed by atoms with Crippen LogP contribution in [0, 0.1) is 4.77 Å². The Morgan fingerprint density at radius 3 is 2.57 bits per heavy atom. The predicted octanol–water partition coefficient (Wildman–Crippen LogP) is 2.88. The first kappa shape index (κ1) is 14.9. The summed E-state index contributed by atoms with van der Waals surface area (Å²) >= 11 is 5.10. The minimum Gasteiger partial charge on any atom is -0.377 e. The van der Waals surface area contributed by atoms with Crippen molar-refractivity contribution in [3.05, 3.63) is 87.6 Å². The number of benzene rings is 2. The number of hydrogen-bond donors (Lipinski definition) is 1. The van der Waals surface area contributed by atoms with Crippen LogP contribution in [0.25, 0.3) is 10.9 Å². The number of fused-ring (bicyclic) bond motifs is 1. The van der Waals surface area contributed by atoms with Crippen molar-refractivity contribution in [1.29, 1.82) is 0 Å². The van der Waals surface area contributed by atoms with Crippen LogP contribution in [0.15, 0.2) is 71.7 Å². The zero-order valence-electron chi connectivity index (χ0n) is 11.9. The molecule has 1 aromatic heterocycles. The largest absolute Gasteiger partial charge is 0.377 e. The van der Waals surface area contributed by atoms with Gasteiger partial charge in [-0.3, -0.25) is 9.59 Å². The maximum atomic E-state index is 12.3. The molecule has 0 amide bonds. The topological polar surface area (TPSA) is 64.1 Å². The maximum absolute atomic E-state index is 12.3. The third-order valence-electron chi connectivity index (χ3n) is 3.21. The number of H-pyrrole nitrogens is 1. The summed E-state index contributed by atoms with van der Waals surface area (Å²) in [5.74, 6) is -0.227. The van der Waals surface area contributed by atoms with Crippen molar-refractivity contribution < 1.29 is 9.63 Å². The zero-order valence-corrected chi connectivity index (χ0v) is 12.7. The summed E-state index contributed by atoms with van der Waals surface area (Å²) in [6.07, 6.45) is 2.39. The highest BCUT2D eigenvalue weighted by atomic mass is 32.1. The molecule has 2 aromatic carbocycles. The molecule has 0 fully saturated rings. The second-order valence-electron chi connectivity index (χ2n) is 4.71. The van der Waals surface area contributed by atoms with Gasteiger partial charge in [-0.1, -0.05) is 42.5 Å². The number of carbonyl (C=O) groups is 1. The number of nitrogens with zero attached hydrogens (tertiary/aromatic N) is 1. The first-order chi connectivity index (χ1) is 11.2. The first-order valence-electron chi connectivity index (χ1n) is 6.84. The van der Waals surface area contributed by atoms with E-state index in [-0.39, 0.29) is 16.1 Å². The van der Waals surface area contributed by atoms with Crippen molar-refractivity contribution in [2.75, 3.05) is 0 Å². The second-order valence-corrected chi connectivity index (χ2v) is 5.10. The SMILES string of the molecule is O=C(/C=C/On1c(=S)[nH]c2ccccc2c1=O)c1ccccc1. The number of aromatic amines is 1. The molecule has 114 valence electrons. The van der Waals surface area contributed by atoms with Crippen molar-refractivity contribution in [3.8, 4) is 0 Å². The molecular formula is C17H12N2O3S. The number of allylic oxidation sites excluding steroid dienone is 1. The van der Waals surface area contributed by atoms with Crippen LogP contribution in [-0.4, -0.2) is 15.5 Å². The van der Waals surface area contributed by atoms with Crippen LogP contribution < -0.4 is 10.4 Å². The van der Waals surface area contributed by atoms with Crippen LogP contribution in [0.4, 0.5) is 0 Å². The Balaban J connectivity index is 1.88. The van der Waals surface area contributed by atoms with Crippen LogP contribution in [0.5, 0.6) is 0 Å². The van der Waals surface area contributed by atoms with E-state index in [0.717, 1.165) is 11.0 Å². The number of rotatable bonds is 4. The molecule has 0 spiro atoms. The zero-order chi connectivity index (χ0) is 16.2. The summed E-state index contributed by atoms with van der Waals surface area (Å²) in [6, 6.07) is 15.7. The second kappa shape index (κ2) is 6.41. The van der Waals surface area contributed by atoms with Crippen LogP contribution in [0.3, 0.4) is 0 Å². The molecule has 1 N–H and O–H groups in total. The number of carbonyl (C=O) groups excluding carboxylic acids is 1. The number of ketones is 1. The summed E-state index contributed by atoms with van der Waals surface area (Å²) in [5.41, 5.74) is 0.774. The molecule has 0 bridgehead atoms. The third kappa shape index (κ3) is 3.12. The van der Waals surface area contributed by atoms with Crippen molar-refractivity contribution in [2.24, 2.45) is 0 Å². The van der Waals surface area contributed by atoms with Gasteiger partial charge in [-0.2, -0.15) is 0 Å². The summed E-state index contributed by atoms with van der Waals surface area (Å²) in [4.78, 5) is 32.4. The fourth-order valence-electron chi connectivity index (χ4n) is 2.09. The number of aromatic nitrogens is 2. The molecule has 0 atom stereocenters. The fourth-order valence-corrected chi connectivity index (χ4v) is 2.33. The van der Waals surface area contributed by atoms with E-state index in [9.17, 15) is 9.59 Å². The van der Waals surface area contributed by atoms with Crippen LogP contribution in [-0.2, 0) is 0 Å². The van der Waals surface area contributed by atoms with E-state index >= 15 is 0 Å². The molecule has 3 aromatic rings. The Bertz CT molecular complexity index is 1000. The van der Waals surface area contributed by atoms with Gasteiger partial charge in [0.05, 0.1) is 10.9 Å². The lowest BCUT2D eigenvalue weighted by Gasteiger charge is -2.05. The van der Waals surface area contributed by atoms with Crippen LogP contribution in [0.1, 0.15) is 10.4 Å². The first-order valence-corrected chi connectivity index (χ1v) is 7.25. The van der Waals surface area contributed by atoms with E-state index in [1.807, 2.05) is 6.07 Å². The molecule has 0 unspecified atom stereocenters. The predicted molar refractivity (Wildman–Crippen MR) is 89.9 cm³/mol. The molecule has 1 heterocycles. The van der Waals surface area contributed by atoms with Gasteiger partial charge in [-0.05, 0) is 24.4 Å². The van der Waals surface area contributed by atoms with Gasteiger partial charge in [0, 0.05) is 11.6 Å². The molecule has 0 saturated carbocycles. The number of hydrogen-bond acceptors (Lipinski definition) is 4. The summed E-state index contributed by atoms with van der Waals surface area (Å²) < 4.78 is 1.05. The highest BCUT2D eigenvalue weighted by molar-refractivity contribution is 7.71. The molecule has 6 heteroatoms. The maximum Gasteiger partial charge on any atom is 0.295 e. The normalized spacial score (nSPS) is 11.0. The van der Waals surface area contributed by atoms with E-state index in [1.165, 1.54) is 6.08 Å². The van der Waals surface area contributed by atoms with Crippen molar-refractivity contribution in [1.82, 2.24) is 9.71 Å². The Labute approximate surface area is 136 Å². The van der Waals surface area contributed by atoms with Gasteiger partial charge in [0.2, 0.25) is 4.77 Å². The van der Waals surface area contributed by atoms with Crippen LogP contribution in [0.2, 0.25) is 0 Å². The van der Waals surface area contributed by atoms with Gasteiger partial charge in [0.1, 0.15) is 6.26 Å². The molecule has 3 rings (SSSR count). The molecule has 0 saturated heterocycles. The Hall–Kier alpha value is -2.99. The molecule has 0 aliphatic rings. The van der Waals surface area contributed by atoms with Gasteiger partial charge in [0.25, 0.3) is 5.56 Å². The molecule has 5 nitrogen and oxygen atoms in total. The molecule has 0 aliphatic carbocycles. The standard InChI is InChI=1S/C17H12N2O3S/c20-15(12-6-2-1-3-7-12)10-11-22-19-16(21)13-8-4-5-9-14(13)18-17(19)23/h1-11H,(H,18,23)/b11-10+. The smallest absolute Gasteiger partial charge is 0.295 e. The number of para-hydroxylation sites is 1. The Morgan fingerprint density at radius 1 is 1.09 bits per heavy atom. The molecule has 0 aliphatic heterocycles. The minimum atomic E-state index is -0.388. The van der Waals surface area contributed by atoms with E-state index in [1.54, 1.807) is 48.5 Å². The van der Waals surface area contributed by atoms with Gasteiger partial charge >= 0.3 is 0 Å². The lowest BCUT2D eigenvalue weighted by Crippen LogP contribution is -2.26. The highest BCUT2D eigenvalue weighted by Gasteiger charge is 2.05. The number of nitrogens with one attached hydrogen (secondary N) is 1. The van der Waals surface area contributed by atoms with Gasteiger partial charge in [0.15, 0.2) is 5.78 Å². The van der Waals surface area contributed by atoms with Crippen molar-refractivity contribution in [3.63, 3.8) is 0 Å². The van der Waals surface area contributed by atoms with Gasteiger partial charge in [-0.15, -0.1) is 4.73 Å². The Morgan fingerprint density at radius 2 is 1.78 bits per heavy atom. The van der Waals surface area contributed by atoms with Gasteiger partial charge < -0.3 is 9.82 Å². The fraction of sp³-hybridized carbons (Fsp3) is 0. The molecular weight excluding hydrogens is 312 g/mol. The molecule has 0 radical (unpaired) electrons. The summed E-state index contributed by atoms with van der Waals surface area (Å²) in [7, 11) is 0. The minimum absolute atomic E-state index is 0.116. The van der Waals surface area contributed by atoms with E-state index in [4.69, 9.17) is 17.1 Å². The summed E-state index contributed by atoms with van der Waals surface area (Å²) in [6.45, 7) is 0. The summed E-state index contributed by atoms with van der Waals surface area (Å²) in [5, 5.41) is 0.448. The van der Waals surface area contributed by atoms with Crippen molar-refractivity contribution in [2.45, 2.75) is 0 Å². The monoisotopic (exact) mass is 324 g/mol. The van der Waals surface area contributed by atoms with E-state index in [2.05, 4.69) is 4.98 Å². The average molecular weight is 324 g/mol.